The van der Waals surface area contributed by atoms with Crippen LogP contribution >= 0.6 is 22.7 Å². The maximum Gasteiger partial charge on any atom is 0.416 e. The van der Waals surface area contributed by atoms with E-state index in [1.54, 1.807) is 5.38 Å². The number of hydrogen-bond acceptors (Lipinski definition) is 6. The molecule has 4 aromatic rings. The first kappa shape index (κ1) is 23.0. The fraction of sp³-hybridized carbons (Fsp3) is 0.0476. The maximum absolute atomic E-state index is 13.2. The maximum atomic E-state index is 13.2. The zero-order valence-electron chi connectivity index (χ0n) is 16.5. The van der Waals surface area contributed by atoms with E-state index in [9.17, 15) is 26.4 Å². The van der Waals surface area contributed by atoms with Crippen molar-refractivity contribution in [2.75, 3.05) is 10.0 Å². The van der Waals surface area contributed by atoms with Crippen molar-refractivity contribution < 1.29 is 26.4 Å². The summed E-state index contributed by atoms with van der Waals surface area (Å²) in [6.45, 7) is 0. The zero-order chi connectivity index (χ0) is 23.6. The molecule has 2 aromatic heterocycles. The highest BCUT2D eigenvalue weighted by atomic mass is 32.2. The number of benzene rings is 2. The molecule has 2 N–H and O–H groups in total. The first-order valence-electron chi connectivity index (χ1n) is 9.23. The fourth-order valence-electron chi connectivity index (χ4n) is 2.85. The van der Waals surface area contributed by atoms with Crippen molar-refractivity contribution >= 4 is 49.4 Å². The molecule has 0 radical (unpaired) electrons. The van der Waals surface area contributed by atoms with Crippen LogP contribution in [0.25, 0.3) is 11.3 Å². The molecule has 0 aliphatic rings. The molecule has 2 aromatic carbocycles. The lowest BCUT2D eigenvalue weighted by Crippen LogP contribution is -2.19. The number of sulfonamides is 1. The first-order valence-corrected chi connectivity index (χ1v) is 12.5. The topological polar surface area (TPSA) is 88.2 Å². The Balaban J connectivity index is 1.65. The van der Waals surface area contributed by atoms with E-state index >= 15 is 0 Å². The Kier molecular flexibility index (Phi) is 6.23. The van der Waals surface area contributed by atoms with Gasteiger partial charge in [0.2, 0.25) is 0 Å². The van der Waals surface area contributed by atoms with E-state index in [0.29, 0.717) is 11.8 Å². The van der Waals surface area contributed by atoms with Gasteiger partial charge in [0.15, 0.2) is 5.13 Å². The number of halogens is 3. The summed E-state index contributed by atoms with van der Waals surface area (Å²) >= 11 is 2.03. The van der Waals surface area contributed by atoms with E-state index in [0.717, 1.165) is 40.4 Å². The molecule has 0 atom stereocenters. The summed E-state index contributed by atoms with van der Waals surface area (Å²) in [5, 5.41) is 5.97. The molecular weight excluding hydrogens is 495 g/mol. The van der Waals surface area contributed by atoms with Crippen LogP contribution in [0.5, 0.6) is 0 Å². The molecule has 12 heteroatoms. The number of rotatable bonds is 6. The van der Waals surface area contributed by atoms with E-state index in [2.05, 4.69) is 15.0 Å². The molecule has 2 heterocycles. The Bertz CT molecular complexity index is 1380. The lowest BCUT2D eigenvalue weighted by molar-refractivity contribution is -0.137. The summed E-state index contributed by atoms with van der Waals surface area (Å²) in [6.07, 6.45) is -4.72. The van der Waals surface area contributed by atoms with Gasteiger partial charge in [0.1, 0.15) is 4.21 Å². The Labute approximate surface area is 194 Å². The molecule has 0 fully saturated rings. The number of hydrogen-bond donors (Lipinski definition) is 2. The Morgan fingerprint density at radius 3 is 2.39 bits per heavy atom. The number of thiazole rings is 1. The second-order valence-corrected chi connectivity index (χ2v) is 10.4. The number of aromatic nitrogens is 1. The van der Waals surface area contributed by atoms with Crippen molar-refractivity contribution in [3.63, 3.8) is 0 Å². The molecule has 6 nitrogen and oxygen atoms in total. The number of carbonyl (C=O) groups is 1. The van der Waals surface area contributed by atoms with Crippen LogP contribution in [0.2, 0.25) is 0 Å². The molecule has 4 rings (SSSR count). The predicted molar refractivity (Wildman–Crippen MR) is 122 cm³/mol. The van der Waals surface area contributed by atoms with Crippen LogP contribution in [-0.4, -0.2) is 19.3 Å². The van der Waals surface area contributed by atoms with Crippen LogP contribution in [0.4, 0.5) is 24.0 Å². The van der Waals surface area contributed by atoms with Crippen molar-refractivity contribution in [1.29, 1.82) is 0 Å². The second kappa shape index (κ2) is 8.96. The number of nitrogens with zero attached hydrogens (tertiary/aromatic N) is 1. The van der Waals surface area contributed by atoms with Gasteiger partial charge in [-0.3, -0.25) is 14.8 Å². The quantitative estimate of drug-likeness (QED) is 0.337. The SMILES string of the molecule is O=C(Nc1nc(-c2ccccc2)cs1)c1ccc(C(F)(F)F)cc1NS(=O)(=O)c1cccs1. The van der Waals surface area contributed by atoms with Crippen LogP contribution in [0.3, 0.4) is 0 Å². The van der Waals surface area contributed by atoms with Gasteiger partial charge in [-0.1, -0.05) is 36.4 Å². The minimum atomic E-state index is -4.72. The van der Waals surface area contributed by atoms with E-state index in [1.807, 2.05) is 30.3 Å². The van der Waals surface area contributed by atoms with Crippen molar-refractivity contribution in [2.24, 2.45) is 0 Å². The van der Waals surface area contributed by atoms with E-state index < -0.39 is 33.4 Å². The summed E-state index contributed by atoms with van der Waals surface area (Å²) in [6, 6.07) is 14.2. The Morgan fingerprint density at radius 1 is 0.970 bits per heavy atom. The van der Waals surface area contributed by atoms with Crippen molar-refractivity contribution in [2.45, 2.75) is 10.4 Å². The minimum absolute atomic E-state index is 0.0984. The van der Waals surface area contributed by atoms with E-state index in [-0.39, 0.29) is 14.9 Å². The van der Waals surface area contributed by atoms with Gasteiger partial charge in [-0.2, -0.15) is 13.2 Å². The smallest absolute Gasteiger partial charge is 0.298 e. The number of nitrogens with one attached hydrogen (secondary N) is 2. The normalized spacial score (nSPS) is 11.8. The lowest BCUT2D eigenvalue weighted by atomic mass is 10.1. The average Bonchev–Trinajstić information content (AvgIpc) is 3.46. The highest BCUT2D eigenvalue weighted by Crippen LogP contribution is 2.34. The van der Waals surface area contributed by atoms with Crippen LogP contribution < -0.4 is 10.0 Å². The number of anilines is 2. The molecule has 0 unspecified atom stereocenters. The summed E-state index contributed by atoms with van der Waals surface area (Å²) in [5.74, 6) is -0.804. The largest absolute Gasteiger partial charge is 0.416 e. The predicted octanol–water partition coefficient (Wildman–Crippen LogP) is 5.94. The van der Waals surface area contributed by atoms with Gasteiger partial charge in [-0.15, -0.1) is 22.7 Å². The van der Waals surface area contributed by atoms with Crippen molar-refractivity contribution in [3.05, 3.63) is 82.6 Å². The molecule has 1 amide bonds. The zero-order valence-corrected chi connectivity index (χ0v) is 18.9. The van der Waals surface area contributed by atoms with Gasteiger partial charge in [0.05, 0.1) is 22.5 Å². The van der Waals surface area contributed by atoms with Gasteiger partial charge >= 0.3 is 6.18 Å². The van der Waals surface area contributed by atoms with Crippen LogP contribution in [0.1, 0.15) is 15.9 Å². The molecule has 170 valence electrons. The third-order valence-corrected chi connectivity index (χ3v) is 7.91. The average molecular weight is 510 g/mol. The van der Waals surface area contributed by atoms with E-state index in [1.165, 1.54) is 17.5 Å². The fourth-order valence-corrected chi connectivity index (χ4v) is 5.63. The Hall–Kier alpha value is -3.22. The third-order valence-electron chi connectivity index (χ3n) is 4.39. The third kappa shape index (κ3) is 5.24. The molecule has 0 bridgehead atoms. The number of amides is 1. The molecule has 33 heavy (non-hydrogen) atoms. The van der Waals surface area contributed by atoms with E-state index in [4.69, 9.17) is 0 Å². The summed E-state index contributed by atoms with van der Waals surface area (Å²) in [5.41, 5.74) is -0.422. The van der Waals surface area contributed by atoms with Crippen molar-refractivity contribution in [3.8, 4) is 11.3 Å². The number of carbonyl (C=O) groups excluding carboxylic acids is 1. The van der Waals surface area contributed by atoms with Gasteiger partial charge < -0.3 is 0 Å². The van der Waals surface area contributed by atoms with Gasteiger partial charge in [0.25, 0.3) is 15.9 Å². The highest BCUT2D eigenvalue weighted by Gasteiger charge is 2.32. The molecule has 0 aliphatic carbocycles. The highest BCUT2D eigenvalue weighted by molar-refractivity contribution is 7.94. The molecule has 0 saturated heterocycles. The van der Waals surface area contributed by atoms with Gasteiger partial charge in [0, 0.05) is 10.9 Å². The Morgan fingerprint density at radius 2 is 1.73 bits per heavy atom. The molecule has 0 aliphatic heterocycles. The number of thiophene rings is 1. The molecule has 0 saturated carbocycles. The minimum Gasteiger partial charge on any atom is -0.298 e. The summed E-state index contributed by atoms with van der Waals surface area (Å²) in [4.78, 5) is 17.2. The second-order valence-electron chi connectivity index (χ2n) is 6.65. The molecule has 0 spiro atoms. The standard InChI is InChI=1S/C21H14F3N3O3S3/c22-21(23,24)14-8-9-15(16(11-14)27-33(29,30)18-7-4-10-31-18)19(28)26-20-25-17(12-32-20)13-5-2-1-3-6-13/h1-12,27H,(H,25,26,28). The van der Waals surface area contributed by atoms with Crippen molar-refractivity contribution in [1.82, 2.24) is 4.98 Å². The lowest BCUT2D eigenvalue weighted by Gasteiger charge is -2.14. The number of alkyl halides is 3. The molecular formula is C21H14F3N3O3S3. The van der Waals surface area contributed by atoms with Gasteiger partial charge in [-0.25, -0.2) is 13.4 Å². The van der Waals surface area contributed by atoms with Crippen LogP contribution in [-0.2, 0) is 16.2 Å². The summed E-state index contributed by atoms with van der Waals surface area (Å²) < 4.78 is 66.9. The monoisotopic (exact) mass is 509 g/mol. The van der Waals surface area contributed by atoms with Crippen LogP contribution in [0, 0.1) is 0 Å². The summed E-state index contributed by atoms with van der Waals surface area (Å²) in [7, 11) is -4.18. The first-order chi connectivity index (χ1) is 15.6. The van der Waals surface area contributed by atoms with Gasteiger partial charge in [-0.05, 0) is 29.6 Å². The van der Waals surface area contributed by atoms with Crippen LogP contribution in [0.15, 0.2) is 75.6 Å².